The molecule has 57 valence electrons. The molecule has 1 radical (unpaired) electrons. The summed E-state index contributed by atoms with van der Waals surface area (Å²) in [7, 11) is 3.07. The summed E-state index contributed by atoms with van der Waals surface area (Å²) < 4.78 is 24.2. The monoisotopic (exact) mass is 148 g/mol. The van der Waals surface area contributed by atoms with Crippen LogP contribution < -0.4 is 5.32 Å². The fraction of sp³-hybridized carbons (Fsp3) is 0.667. The number of hydrogen-bond donors (Lipinski definition) is 1. The Bertz CT molecular complexity index is 158. The van der Waals surface area contributed by atoms with Gasteiger partial charge in [-0.15, -0.1) is 0 Å². The van der Waals surface area contributed by atoms with Gasteiger partial charge in [0, 0.05) is 25.8 Å². The number of carbonyl (C=O) groups excluding carboxylic acids is 1. The van der Waals surface area contributed by atoms with Crippen molar-refractivity contribution in [1.82, 2.24) is 5.32 Å². The van der Waals surface area contributed by atoms with E-state index >= 15 is 0 Å². The van der Waals surface area contributed by atoms with Crippen LogP contribution in [0.5, 0.6) is 0 Å². The van der Waals surface area contributed by atoms with Crippen molar-refractivity contribution < 1.29 is 13.6 Å². The molecule has 0 aromatic carbocycles. The van der Waals surface area contributed by atoms with Crippen molar-refractivity contribution in [2.45, 2.75) is 18.8 Å². The van der Waals surface area contributed by atoms with E-state index < -0.39 is 17.7 Å². The van der Waals surface area contributed by atoms with E-state index in [2.05, 4.69) is 12.4 Å². The smallest absolute Gasteiger partial charge is 0.252 e. The van der Waals surface area contributed by atoms with Gasteiger partial charge < -0.3 is 5.32 Å². The molecule has 2 nitrogen and oxygen atoms in total. The molecule has 0 aromatic heterocycles. The summed E-state index contributed by atoms with van der Waals surface area (Å²) in [6.07, 6.45) is -0.253. The van der Waals surface area contributed by atoms with E-state index in [9.17, 15) is 13.6 Å². The maximum atomic E-state index is 12.1. The van der Waals surface area contributed by atoms with E-state index in [0.29, 0.717) is 0 Å². The van der Waals surface area contributed by atoms with Gasteiger partial charge in [-0.1, -0.05) is 0 Å². The van der Waals surface area contributed by atoms with E-state index in [1.165, 1.54) is 0 Å². The first-order chi connectivity index (χ1) is 4.56. The maximum Gasteiger partial charge on any atom is 0.252 e. The number of nitrogens with one attached hydrogen (secondary N) is 1. The molecule has 0 bridgehead atoms. The number of hydrogen-bond acceptors (Lipinski definition) is 1. The quantitative estimate of drug-likeness (QED) is 0.620. The summed E-state index contributed by atoms with van der Waals surface area (Å²) in [5.41, 5.74) is 0. The van der Waals surface area contributed by atoms with Crippen molar-refractivity contribution in [3.05, 3.63) is 7.05 Å². The van der Waals surface area contributed by atoms with E-state index in [-0.39, 0.29) is 12.8 Å². The first-order valence-electron chi connectivity index (χ1n) is 3.00. The summed E-state index contributed by atoms with van der Waals surface area (Å²) in [5.74, 6) is -3.75. The Labute approximate surface area is 57.6 Å². The predicted octanol–water partition coefficient (Wildman–Crippen LogP) is 0.939. The lowest BCUT2D eigenvalue weighted by Crippen LogP contribution is -2.16. The SMILES string of the molecule is [CH2]NC(=O)C[C@H]1CC1(F)F. The van der Waals surface area contributed by atoms with Crippen LogP contribution in [0.1, 0.15) is 12.8 Å². The molecule has 0 heterocycles. The highest BCUT2D eigenvalue weighted by molar-refractivity contribution is 5.76. The van der Waals surface area contributed by atoms with Gasteiger partial charge in [0.25, 0.3) is 5.92 Å². The van der Waals surface area contributed by atoms with Crippen molar-refractivity contribution in [1.29, 1.82) is 0 Å². The molecule has 1 fully saturated rings. The lowest BCUT2D eigenvalue weighted by Gasteiger charge is -1.95. The van der Waals surface area contributed by atoms with Crippen LogP contribution in [0, 0.1) is 13.0 Å². The zero-order chi connectivity index (χ0) is 7.78. The number of alkyl halides is 2. The third-order valence-corrected chi connectivity index (χ3v) is 1.58. The summed E-state index contributed by atoms with van der Waals surface area (Å²) >= 11 is 0. The Morgan fingerprint density at radius 1 is 1.80 bits per heavy atom. The zero-order valence-electron chi connectivity index (χ0n) is 5.36. The number of halogens is 2. The topological polar surface area (TPSA) is 29.1 Å². The minimum Gasteiger partial charge on any atom is -0.354 e. The van der Waals surface area contributed by atoms with Gasteiger partial charge in [0.05, 0.1) is 0 Å². The van der Waals surface area contributed by atoms with E-state index in [0.717, 1.165) is 0 Å². The van der Waals surface area contributed by atoms with Gasteiger partial charge in [-0.25, -0.2) is 8.78 Å². The normalized spacial score (nSPS) is 27.7. The molecule has 1 aliphatic carbocycles. The van der Waals surface area contributed by atoms with Crippen LogP contribution in [0.15, 0.2) is 0 Å². The molecule has 1 N–H and O–H groups in total. The molecule has 1 aliphatic rings. The van der Waals surface area contributed by atoms with Crippen molar-refractivity contribution in [2.75, 3.05) is 0 Å². The fourth-order valence-corrected chi connectivity index (χ4v) is 0.787. The maximum absolute atomic E-state index is 12.1. The second-order valence-electron chi connectivity index (χ2n) is 2.47. The standard InChI is InChI=1S/C6H8F2NO/c1-9-5(10)2-4-3-6(4,7)8/h4H,1-3H2,(H,9,10)/t4-/m0/s1. The van der Waals surface area contributed by atoms with Gasteiger partial charge in [-0.2, -0.15) is 0 Å². The Kier molecular flexibility index (Phi) is 1.62. The van der Waals surface area contributed by atoms with Gasteiger partial charge in [0.1, 0.15) is 0 Å². The van der Waals surface area contributed by atoms with Crippen molar-refractivity contribution >= 4 is 5.91 Å². The molecular formula is C6H8F2NO. The van der Waals surface area contributed by atoms with Gasteiger partial charge in [-0.3, -0.25) is 4.79 Å². The molecule has 1 atom stereocenters. The first-order valence-corrected chi connectivity index (χ1v) is 3.00. The third-order valence-electron chi connectivity index (χ3n) is 1.58. The lowest BCUT2D eigenvalue weighted by atomic mass is 10.3. The van der Waals surface area contributed by atoms with E-state index in [1.54, 1.807) is 0 Å². The summed E-state index contributed by atoms with van der Waals surface area (Å²) in [6, 6.07) is 0. The average molecular weight is 148 g/mol. The minimum atomic E-state index is -2.59. The molecule has 0 spiro atoms. The second-order valence-corrected chi connectivity index (χ2v) is 2.47. The first kappa shape index (κ1) is 7.44. The zero-order valence-corrected chi connectivity index (χ0v) is 5.36. The van der Waals surface area contributed by atoms with E-state index in [4.69, 9.17) is 0 Å². The number of carbonyl (C=O) groups is 1. The van der Waals surface area contributed by atoms with Gasteiger partial charge in [-0.05, 0) is 0 Å². The molecule has 1 rings (SSSR count). The van der Waals surface area contributed by atoms with Crippen molar-refractivity contribution in [3.63, 3.8) is 0 Å². The lowest BCUT2D eigenvalue weighted by molar-refractivity contribution is -0.121. The van der Waals surface area contributed by atoms with Gasteiger partial charge >= 0.3 is 0 Å². The van der Waals surface area contributed by atoms with Gasteiger partial charge in [0.15, 0.2) is 0 Å². The molecule has 0 unspecified atom stereocenters. The van der Waals surface area contributed by atoms with Crippen LogP contribution in [0.25, 0.3) is 0 Å². The van der Waals surface area contributed by atoms with E-state index in [1.807, 2.05) is 0 Å². The predicted molar refractivity (Wildman–Crippen MR) is 31.2 cm³/mol. The second kappa shape index (κ2) is 2.18. The summed E-state index contributed by atoms with van der Waals surface area (Å²) in [4.78, 5) is 10.4. The van der Waals surface area contributed by atoms with Crippen LogP contribution in [0.2, 0.25) is 0 Å². The average Bonchev–Trinajstić information content (AvgIpc) is 2.40. The Morgan fingerprint density at radius 2 is 2.30 bits per heavy atom. The molecule has 4 heteroatoms. The summed E-state index contributed by atoms with van der Waals surface area (Å²) in [6.45, 7) is 0. The Balaban J connectivity index is 2.24. The third kappa shape index (κ3) is 1.43. The Hall–Kier alpha value is -0.670. The van der Waals surface area contributed by atoms with Gasteiger partial charge in [0.2, 0.25) is 5.91 Å². The molecule has 0 aliphatic heterocycles. The summed E-state index contributed by atoms with van der Waals surface area (Å²) in [5, 5.41) is 2.05. The van der Waals surface area contributed by atoms with Crippen LogP contribution >= 0.6 is 0 Å². The fourth-order valence-electron chi connectivity index (χ4n) is 0.787. The van der Waals surface area contributed by atoms with Crippen molar-refractivity contribution in [3.8, 4) is 0 Å². The largest absolute Gasteiger partial charge is 0.354 e. The molecule has 1 amide bonds. The molecule has 10 heavy (non-hydrogen) atoms. The molecular weight excluding hydrogens is 140 g/mol. The van der Waals surface area contributed by atoms with Crippen LogP contribution in [-0.2, 0) is 4.79 Å². The van der Waals surface area contributed by atoms with Crippen LogP contribution in [0.3, 0.4) is 0 Å². The number of amides is 1. The minimum absolute atomic E-state index is 0.101. The highest BCUT2D eigenvalue weighted by Crippen LogP contribution is 2.50. The molecule has 0 saturated heterocycles. The number of rotatable bonds is 2. The highest BCUT2D eigenvalue weighted by atomic mass is 19.3. The molecule has 1 saturated carbocycles. The van der Waals surface area contributed by atoms with Crippen LogP contribution in [0.4, 0.5) is 8.78 Å². The Morgan fingerprint density at radius 3 is 2.60 bits per heavy atom. The molecule has 0 aromatic rings. The van der Waals surface area contributed by atoms with Crippen molar-refractivity contribution in [2.24, 2.45) is 5.92 Å². The van der Waals surface area contributed by atoms with Crippen LogP contribution in [-0.4, -0.2) is 11.8 Å². The highest BCUT2D eigenvalue weighted by Gasteiger charge is 2.57.